The van der Waals surface area contributed by atoms with Crippen molar-refractivity contribution >= 4 is 18.3 Å². The van der Waals surface area contributed by atoms with Gasteiger partial charge in [0.25, 0.3) is 0 Å². The van der Waals surface area contributed by atoms with Crippen LogP contribution in [0.2, 0.25) is 0 Å². The normalized spacial score (nSPS) is 18.1. The summed E-state index contributed by atoms with van der Waals surface area (Å²) in [5.74, 6) is 0.0727. The molecule has 3 N–H and O–H groups in total. The number of nitrogens with two attached hydrogens (primary N) is 1. The molecule has 1 fully saturated rings. The van der Waals surface area contributed by atoms with Crippen molar-refractivity contribution in [1.29, 1.82) is 0 Å². The second-order valence-electron chi connectivity index (χ2n) is 6.61. The van der Waals surface area contributed by atoms with Crippen LogP contribution in [-0.4, -0.2) is 18.5 Å². The Balaban J connectivity index is 0.00000242. The van der Waals surface area contributed by atoms with Crippen molar-refractivity contribution in [2.75, 3.05) is 6.54 Å². The molecule has 3 nitrogen and oxygen atoms in total. The molecule has 0 bridgehead atoms. The number of benzene rings is 1. The maximum atomic E-state index is 12.0. The molecule has 1 aliphatic carbocycles. The van der Waals surface area contributed by atoms with E-state index in [0.717, 1.165) is 19.4 Å². The summed E-state index contributed by atoms with van der Waals surface area (Å²) >= 11 is 0. The number of hydrogen-bond donors (Lipinski definition) is 2. The van der Waals surface area contributed by atoms with Gasteiger partial charge in [-0.1, -0.05) is 43.5 Å². The Morgan fingerprint density at radius 1 is 1.27 bits per heavy atom. The second-order valence-corrected chi connectivity index (χ2v) is 6.61. The maximum absolute atomic E-state index is 12.0. The number of nitrogens with one attached hydrogen (secondary N) is 1. The Morgan fingerprint density at radius 3 is 2.50 bits per heavy atom. The lowest BCUT2D eigenvalue weighted by molar-refractivity contribution is -0.121. The van der Waals surface area contributed by atoms with E-state index >= 15 is 0 Å². The van der Waals surface area contributed by atoms with Crippen LogP contribution in [0.4, 0.5) is 0 Å². The largest absolute Gasteiger partial charge is 0.355 e. The highest BCUT2D eigenvalue weighted by Gasteiger charge is 2.35. The molecule has 0 aliphatic heterocycles. The molecule has 0 heterocycles. The number of rotatable bonds is 5. The van der Waals surface area contributed by atoms with Crippen LogP contribution in [0.1, 0.15) is 56.6 Å². The van der Waals surface area contributed by atoms with E-state index < -0.39 is 0 Å². The van der Waals surface area contributed by atoms with Crippen molar-refractivity contribution < 1.29 is 4.79 Å². The number of halogens is 1. The third kappa shape index (κ3) is 4.72. The molecule has 1 aromatic rings. The van der Waals surface area contributed by atoms with Crippen molar-refractivity contribution in [2.45, 2.75) is 63.8 Å². The summed E-state index contributed by atoms with van der Waals surface area (Å²) in [5, 5.41) is 3.13. The summed E-state index contributed by atoms with van der Waals surface area (Å²) in [6.07, 6.45) is 6.53. The summed E-state index contributed by atoms with van der Waals surface area (Å²) in [6, 6.07) is 8.53. The van der Waals surface area contributed by atoms with Crippen molar-refractivity contribution in [3.8, 4) is 0 Å². The fourth-order valence-electron chi connectivity index (χ4n) is 3.57. The van der Waals surface area contributed by atoms with Gasteiger partial charge in [-0.3, -0.25) is 4.79 Å². The van der Waals surface area contributed by atoms with Gasteiger partial charge >= 0.3 is 0 Å². The number of aryl methyl sites for hydroxylation is 1. The summed E-state index contributed by atoms with van der Waals surface area (Å²) in [5.41, 5.74) is 8.56. The molecule has 1 unspecified atom stereocenters. The molecule has 0 saturated heterocycles. The molecule has 1 aliphatic rings. The quantitative estimate of drug-likeness (QED) is 0.871. The Kier molecular flexibility index (Phi) is 7.37. The highest BCUT2D eigenvalue weighted by Crippen LogP contribution is 2.40. The van der Waals surface area contributed by atoms with Crippen LogP contribution in [0.3, 0.4) is 0 Å². The first-order chi connectivity index (χ1) is 10.0. The highest BCUT2D eigenvalue weighted by atomic mass is 35.5. The Labute approximate surface area is 140 Å². The Bertz CT molecular complexity index is 482. The molecule has 0 aromatic heterocycles. The average molecular weight is 325 g/mol. The van der Waals surface area contributed by atoms with Gasteiger partial charge in [0.05, 0.1) is 0 Å². The summed E-state index contributed by atoms with van der Waals surface area (Å²) in [4.78, 5) is 12.0. The van der Waals surface area contributed by atoms with E-state index in [-0.39, 0.29) is 29.8 Å². The van der Waals surface area contributed by atoms with Gasteiger partial charge in [-0.05, 0) is 37.8 Å². The van der Waals surface area contributed by atoms with Crippen molar-refractivity contribution in [2.24, 2.45) is 5.73 Å². The standard InChI is InChI=1S/C18H28N2O.ClH/c1-14-8-4-5-9-16(14)18(10-6-3-7-11-18)13-20-17(21)12-15(2)19;/h4-5,8-9,15H,3,6-7,10-13,19H2,1-2H3,(H,20,21);1H. The smallest absolute Gasteiger partial charge is 0.221 e. The molecule has 124 valence electrons. The first-order valence-electron chi connectivity index (χ1n) is 8.12. The molecule has 0 spiro atoms. The molecule has 1 atom stereocenters. The lowest BCUT2D eigenvalue weighted by Crippen LogP contribution is -2.43. The minimum absolute atomic E-state index is 0. The zero-order valence-corrected chi connectivity index (χ0v) is 14.5. The van der Waals surface area contributed by atoms with E-state index in [0.29, 0.717) is 6.42 Å². The first-order valence-corrected chi connectivity index (χ1v) is 8.12. The molecule has 1 aromatic carbocycles. The third-order valence-corrected chi connectivity index (χ3v) is 4.66. The number of amides is 1. The molecule has 2 rings (SSSR count). The lowest BCUT2D eigenvalue weighted by atomic mass is 9.68. The summed E-state index contributed by atoms with van der Waals surface area (Å²) < 4.78 is 0. The van der Waals surface area contributed by atoms with Crippen molar-refractivity contribution in [3.05, 3.63) is 35.4 Å². The van der Waals surface area contributed by atoms with E-state index in [4.69, 9.17) is 5.73 Å². The van der Waals surface area contributed by atoms with Crippen LogP contribution < -0.4 is 11.1 Å². The number of carbonyl (C=O) groups is 1. The Hall–Kier alpha value is -1.06. The van der Waals surface area contributed by atoms with Gasteiger partial charge in [-0.25, -0.2) is 0 Å². The molecule has 1 saturated carbocycles. The fraction of sp³-hybridized carbons (Fsp3) is 0.611. The third-order valence-electron chi connectivity index (χ3n) is 4.66. The molecule has 0 radical (unpaired) electrons. The van der Waals surface area contributed by atoms with Crippen LogP contribution in [0.5, 0.6) is 0 Å². The van der Waals surface area contributed by atoms with Crippen molar-refractivity contribution in [1.82, 2.24) is 5.32 Å². The van der Waals surface area contributed by atoms with E-state index in [2.05, 4.69) is 36.5 Å². The zero-order valence-electron chi connectivity index (χ0n) is 13.7. The molecular formula is C18H29ClN2O. The highest BCUT2D eigenvalue weighted by molar-refractivity contribution is 5.85. The van der Waals surface area contributed by atoms with E-state index in [1.807, 2.05) is 6.92 Å². The topological polar surface area (TPSA) is 55.1 Å². The van der Waals surface area contributed by atoms with Gasteiger partial charge in [-0.2, -0.15) is 0 Å². The second kappa shape index (κ2) is 8.54. The van der Waals surface area contributed by atoms with Gasteiger partial charge in [0.2, 0.25) is 5.91 Å². The molecular weight excluding hydrogens is 296 g/mol. The van der Waals surface area contributed by atoms with Gasteiger partial charge < -0.3 is 11.1 Å². The van der Waals surface area contributed by atoms with Crippen molar-refractivity contribution in [3.63, 3.8) is 0 Å². The average Bonchev–Trinajstić information content (AvgIpc) is 2.46. The summed E-state index contributed by atoms with van der Waals surface area (Å²) in [7, 11) is 0. The monoisotopic (exact) mass is 324 g/mol. The number of hydrogen-bond acceptors (Lipinski definition) is 2. The minimum Gasteiger partial charge on any atom is -0.355 e. The minimum atomic E-state index is -0.0780. The van der Waals surface area contributed by atoms with E-state index in [1.165, 1.54) is 30.4 Å². The first kappa shape index (κ1) is 19.0. The van der Waals surface area contributed by atoms with Gasteiger partial charge in [0, 0.05) is 24.4 Å². The van der Waals surface area contributed by atoms with Crippen LogP contribution in [0.15, 0.2) is 24.3 Å². The van der Waals surface area contributed by atoms with Crippen LogP contribution >= 0.6 is 12.4 Å². The van der Waals surface area contributed by atoms with Gasteiger partial charge in [0.1, 0.15) is 0 Å². The SMILES string of the molecule is Cc1ccccc1C1(CNC(=O)CC(C)N)CCCCC1.Cl. The van der Waals surface area contributed by atoms with E-state index in [1.54, 1.807) is 0 Å². The molecule has 1 amide bonds. The number of carbonyl (C=O) groups excluding carboxylic acids is 1. The van der Waals surface area contributed by atoms with Crippen LogP contribution in [0, 0.1) is 6.92 Å². The van der Waals surface area contributed by atoms with Crippen LogP contribution in [0.25, 0.3) is 0 Å². The van der Waals surface area contributed by atoms with Crippen LogP contribution in [-0.2, 0) is 10.2 Å². The molecule has 22 heavy (non-hydrogen) atoms. The predicted octanol–water partition coefficient (Wildman–Crippen LogP) is 3.47. The lowest BCUT2D eigenvalue weighted by Gasteiger charge is -2.39. The van der Waals surface area contributed by atoms with Gasteiger partial charge in [0.15, 0.2) is 0 Å². The summed E-state index contributed by atoms with van der Waals surface area (Å²) in [6.45, 7) is 4.79. The fourth-order valence-corrected chi connectivity index (χ4v) is 3.57. The van der Waals surface area contributed by atoms with Gasteiger partial charge in [-0.15, -0.1) is 12.4 Å². The maximum Gasteiger partial charge on any atom is 0.221 e. The molecule has 4 heteroatoms. The Morgan fingerprint density at radius 2 is 1.91 bits per heavy atom. The van der Waals surface area contributed by atoms with E-state index in [9.17, 15) is 4.79 Å². The predicted molar refractivity (Wildman–Crippen MR) is 94.5 cm³/mol. The zero-order chi connectivity index (χ0) is 15.3.